The second kappa shape index (κ2) is 8.97. The van der Waals surface area contributed by atoms with Crippen LogP contribution in [0.15, 0.2) is 31.0 Å². The molecule has 1 fully saturated rings. The van der Waals surface area contributed by atoms with E-state index in [1.54, 1.807) is 6.20 Å². The largest absolute Gasteiger partial charge is 0.493 e. The summed E-state index contributed by atoms with van der Waals surface area (Å²) >= 11 is 0. The van der Waals surface area contributed by atoms with Crippen LogP contribution in [0.1, 0.15) is 42.5 Å². The van der Waals surface area contributed by atoms with E-state index in [1.165, 1.54) is 25.2 Å². The maximum Gasteiger partial charge on any atom is 0.243 e. The molecule has 0 radical (unpaired) electrons. The second-order valence-corrected chi connectivity index (χ2v) is 8.38. The summed E-state index contributed by atoms with van der Waals surface area (Å²) in [5, 5.41) is 14.3. The molecule has 2 aromatic rings. The zero-order chi connectivity index (χ0) is 23.8. The van der Waals surface area contributed by atoms with E-state index in [0.717, 1.165) is 30.0 Å². The number of halogens is 2. The Balaban J connectivity index is 1.81. The van der Waals surface area contributed by atoms with Crippen LogP contribution in [0, 0.1) is 11.6 Å². The molecule has 0 saturated heterocycles. The van der Waals surface area contributed by atoms with Crippen LogP contribution in [-0.4, -0.2) is 36.4 Å². The molecule has 2 heterocycles. The zero-order valence-electron chi connectivity index (χ0n) is 18.7. The maximum atomic E-state index is 15.3. The summed E-state index contributed by atoms with van der Waals surface area (Å²) in [5.41, 5.74) is 1.19. The second-order valence-electron chi connectivity index (χ2n) is 8.38. The van der Waals surface area contributed by atoms with Crippen molar-refractivity contribution in [2.45, 2.75) is 50.4 Å². The number of amides is 1. The number of benzene rings is 1. The van der Waals surface area contributed by atoms with Crippen molar-refractivity contribution in [1.29, 1.82) is 0 Å². The Morgan fingerprint density at radius 3 is 2.48 bits per heavy atom. The van der Waals surface area contributed by atoms with Gasteiger partial charge in [-0.3, -0.25) is 9.78 Å². The van der Waals surface area contributed by atoms with Gasteiger partial charge in [-0.1, -0.05) is 19.4 Å². The minimum Gasteiger partial charge on any atom is -0.493 e. The quantitative estimate of drug-likeness (QED) is 0.645. The van der Waals surface area contributed by atoms with Crippen molar-refractivity contribution < 1.29 is 28.2 Å². The lowest BCUT2D eigenvalue weighted by Crippen LogP contribution is -2.54. The molecule has 33 heavy (non-hydrogen) atoms. The minimum absolute atomic E-state index is 0.0503. The van der Waals surface area contributed by atoms with Crippen molar-refractivity contribution in [3.8, 4) is 11.5 Å². The number of anilines is 1. The fraction of sp³-hybridized carbons (Fsp3) is 0.417. The van der Waals surface area contributed by atoms with Gasteiger partial charge in [-0.25, -0.2) is 8.78 Å². The normalized spacial score (nSPS) is 18.7. The number of carbonyl (C=O) groups excluding carboxylic acids is 1. The first-order chi connectivity index (χ1) is 15.9. The average Bonchev–Trinajstić information content (AvgIpc) is 3.32. The van der Waals surface area contributed by atoms with Gasteiger partial charge in [-0.2, -0.15) is 0 Å². The first kappa shape index (κ1) is 23.0. The Labute approximate surface area is 191 Å². The zero-order valence-corrected chi connectivity index (χ0v) is 18.7. The molecule has 1 atom stereocenters. The molecule has 1 saturated carbocycles. The lowest BCUT2D eigenvalue weighted by Gasteiger charge is -2.47. The topological polar surface area (TPSA) is 83.9 Å². The number of aromatic nitrogens is 1. The Morgan fingerprint density at radius 2 is 1.91 bits per heavy atom. The third-order valence-electron chi connectivity index (χ3n) is 6.67. The van der Waals surface area contributed by atoms with Crippen LogP contribution in [0.5, 0.6) is 11.5 Å². The van der Waals surface area contributed by atoms with E-state index >= 15 is 8.78 Å². The van der Waals surface area contributed by atoms with Gasteiger partial charge in [-0.15, -0.1) is 0 Å². The highest BCUT2D eigenvalue weighted by atomic mass is 19.1. The number of fused-ring (bicyclic) bond motifs is 2. The smallest absolute Gasteiger partial charge is 0.243 e. The standard InChI is InChI=1S/C24H27F2N3O4/c1-4-19(30)28-12-15-9-16-14(11-27-15)13-29(23(31)24(16)7-5-6-8-24)22-20(25)17(32-2)10-18(33-3)21(22)26/h4,9-11,23,31H,1,5-8,12-13H2,2-3H3,(H,28,30). The summed E-state index contributed by atoms with van der Waals surface area (Å²) < 4.78 is 40.8. The molecular formula is C24H27F2N3O4. The maximum absolute atomic E-state index is 15.3. The van der Waals surface area contributed by atoms with Crippen LogP contribution < -0.4 is 19.7 Å². The van der Waals surface area contributed by atoms with Crippen molar-refractivity contribution in [3.63, 3.8) is 0 Å². The molecule has 1 aromatic carbocycles. The number of ether oxygens (including phenoxy) is 2. The Bertz CT molecular complexity index is 1060. The van der Waals surface area contributed by atoms with E-state index in [0.29, 0.717) is 18.5 Å². The van der Waals surface area contributed by atoms with Crippen molar-refractivity contribution >= 4 is 11.6 Å². The van der Waals surface area contributed by atoms with Gasteiger partial charge in [0.15, 0.2) is 23.1 Å². The number of hydrogen-bond acceptors (Lipinski definition) is 6. The monoisotopic (exact) mass is 459 g/mol. The van der Waals surface area contributed by atoms with Gasteiger partial charge in [0.05, 0.1) is 26.5 Å². The SMILES string of the molecule is C=CC(=O)NCc1cc2c(cn1)CN(c1c(F)c(OC)cc(OC)c1F)C(O)C21CCCC1. The number of rotatable bonds is 6. The molecule has 1 aliphatic carbocycles. The molecule has 7 nitrogen and oxygen atoms in total. The third kappa shape index (κ3) is 3.80. The highest BCUT2D eigenvalue weighted by Crippen LogP contribution is 2.51. The first-order valence-electron chi connectivity index (χ1n) is 10.8. The lowest BCUT2D eigenvalue weighted by atomic mass is 9.72. The van der Waals surface area contributed by atoms with Gasteiger partial charge in [0.2, 0.25) is 5.91 Å². The summed E-state index contributed by atoms with van der Waals surface area (Å²) in [7, 11) is 2.58. The average molecular weight is 459 g/mol. The number of aliphatic hydroxyl groups is 1. The molecule has 2 N–H and O–H groups in total. The number of nitrogens with one attached hydrogen (secondary N) is 1. The summed E-state index contributed by atoms with van der Waals surface area (Å²) in [5.74, 6) is -2.46. The van der Waals surface area contributed by atoms with Crippen LogP contribution in [0.4, 0.5) is 14.5 Å². The fourth-order valence-electron chi connectivity index (χ4n) is 5.03. The number of pyridine rings is 1. The van der Waals surface area contributed by atoms with Gasteiger partial charge >= 0.3 is 0 Å². The third-order valence-corrected chi connectivity index (χ3v) is 6.67. The van der Waals surface area contributed by atoms with E-state index in [4.69, 9.17) is 9.47 Å². The number of aliphatic hydroxyl groups excluding tert-OH is 1. The summed E-state index contributed by atoms with van der Waals surface area (Å²) in [6, 6.07) is 3.03. The van der Waals surface area contributed by atoms with Gasteiger partial charge < -0.3 is 24.8 Å². The van der Waals surface area contributed by atoms with Crippen molar-refractivity contribution in [1.82, 2.24) is 10.3 Å². The number of carbonyl (C=O) groups is 1. The fourth-order valence-corrected chi connectivity index (χ4v) is 5.03. The molecule has 1 amide bonds. The molecule has 2 aliphatic rings. The predicted octanol–water partition coefficient (Wildman–Crippen LogP) is 3.33. The molecule has 9 heteroatoms. The van der Waals surface area contributed by atoms with Gasteiger partial charge in [-0.05, 0) is 36.1 Å². The van der Waals surface area contributed by atoms with Gasteiger partial charge in [0.1, 0.15) is 11.9 Å². The molecule has 1 spiro atoms. The van der Waals surface area contributed by atoms with E-state index in [2.05, 4.69) is 16.9 Å². The highest BCUT2D eigenvalue weighted by molar-refractivity contribution is 5.86. The lowest BCUT2D eigenvalue weighted by molar-refractivity contribution is -0.116. The van der Waals surface area contributed by atoms with Crippen LogP contribution in [0.25, 0.3) is 0 Å². The predicted molar refractivity (Wildman–Crippen MR) is 118 cm³/mol. The van der Waals surface area contributed by atoms with Gasteiger partial charge in [0.25, 0.3) is 0 Å². The highest BCUT2D eigenvalue weighted by Gasteiger charge is 2.50. The molecule has 1 aromatic heterocycles. The van der Waals surface area contributed by atoms with Crippen LogP contribution in [0.3, 0.4) is 0 Å². The van der Waals surface area contributed by atoms with Gasteiger partial charge in [0, 0.05) is 24.2 Å². The number of hydrogen-bond donors (Lipinski definition) is 2. The summed E-state index contributed by atoms with van der Waals surface area (Å²) in [6.45, 7) is 3.70. The van der Waals surface area contributed by atoms with E-state index in [-0.39, 0.29) is 30.5 Å². The minimum atomic E-state index is -1.17. The van der Waals surface area contributed by atoms with E-state index < -0.39 is 29.0 Å². The number of nitrogens with zero attached hydrogens (tertiary/aromatic N) is 2. The molecule has 176 valence electrons. The van der Waals surface area contributed by atoms with Crippen molar-refractivity contribution in [2.24, 2.45) is 0 Å². The molecular weight excluding hydrogens is 432 g/mol. The summed E-state index contributed by atoms with van der Waals surface area (Å²) in [6.07, 6.45) is 4.73. The first-order valence-corrected chi connectivity index (χ1v) is 10.8. The Hall–Kier alpha value is -3.20. The Kier molecular flexibility index (Phi) is 6.25. The Morgan fingerprint density at radius 1 is 1.27 bits per heavy atom. The van der Waals surface area contributed by atoms with Crippen LogP contribution in [-0.2, 0) is 23.3 Å². The van der Waals surface area contributed by atoms with E-state index in [9.17, 15) is 9.90 Å². The van der Waals surface area contributed by atoms with Crippen LogP contribution >= 0.6 is 0 Å². The van der Waals surface area contributed by atoms with Crippen molar-refractivity contribution in [2.75, 3.05) is 19.1 Å². The molecule has 1 unspecified atom stereocenters. The summed E-state index contributed by atoms with van der Waals surface area (Å²) in [4.78, 5) is 17.3. The number of methoxy groups -OCH3 is 2. The van der Waals surface area contributed by atoms with Crippen molar-refractivity contribution in [3.05, 3.63) is 59.4 Å². The van der Waals surface area contributed by atoms with Crippen LogP contribution in [0.2, 0.25) is 0 Å². The molecule has 4 rings (SSSR count). The molecule has 0 bridgehead atoms. The molecule has 1 aliphatic heterocycles. The van der Waals surface area contributed by atoms with E-state index in [1.807, 2.05) is 6.07 Å².